The van der Waals surface area contributed by atoms with Crippen LogP contribution in [0.2, 0.25) is 0 Å². The lowest BCUT2D eigenvalue weighted by molar-refractivity contribution is 0.710. The second-order valence-electron chi connectivity index (χ2n) is 6.23. The molecule has 0 aliphatic rings. The van der Waals surface area contributed by atoms with Crippen molar-refractivity contribution in [2.24, 2.45) is 0 Å². The number of nitrogens with two attached hydrogens (primary N) is 1. The van der Waals surface area contributed by atoms with Gasteiger partial charge in [0, 0.05) is 32.4 Å². The van der Waals surface area contributed by atoms with Crippen molar-refractivity contribution in [3.8, 4) is 11.3 Å². The molecule has 0 atom stereocenters. The summed E-state index contributed by atoms with van der Waals surface area (Å²) >= 11 is 0. The zero-order chi connectivity index (χ0) is 17.6. The summed E-state index contributed by atoms with van der Waals surface area (Å²) in [7, 11) is 4.01. The Morgan fingerprint density at radius 3 is 2.64 bits per heavy atom. The van der Waals surface area contributed by atoms with Crippen molar-refractivity contribution in [3.05, 3.63) is 72.7 Å². The molecule has 4 nitrogen and oxygen atoms in total. The molecule has 3 aromatic rings. The highest BCUT2D eigenvalue weighted by molar-refractivity contribution is 5.77. The smallest absolute Gasteiger partial charge is 0.0953 e. The van der Waals surface area contributed by atoms with Crippen LogP contribution in [-0.2, 0) is 6.54 Å². The molecule has 128 valence electrons. The fourth-order valence-electron chi connectivity index (χ4n) is 2.78. The van der Waals surface area contributed by atoms with E-state index in [1.807, 2.05) is 61.7 Å². The number of benzene rings is 2. The Labute approximate surface area is 149 Å². The van der Waals surface area contributed by atoms with Crippen LogP contribution < -0.4 is 10.6 Å². The summed E-state index contributed by atoms with van der Waals surface area (Å²) in [5.41, 5.74) is 11.3. The number of anilines is 2. The van der Waals surface area contributed by atoms with Gasteiger partial charge in [-0.2, -0.15) is 0 Å². The van der Waals surface area contributed by atoms with E-state index in [0.717, 1.165) is 41.2 Å². The normalized spacial score (nSPS) is 11.1. The third-order valence-corrected chi connectivity index (χ3v) is 4.15. The lowest BCUT2D eigenvalue weighted by Crippen LogP contribution is -2.11. The topological polar surface area (TPSA) is 47.1 Å². The number of imidazole rings is 1. The Balaban J connectivity index is 1.61. The molecular formula is C21H24N4. The molecule has 0 aliphatic heterocycles. The minimum Gasteiger partial charge on any atom is -0.397 e. The van der Waals surface area contributed by atoms with Gasteiger partial charge in [-0.15, -0.1) is 0 Å². The molecule has 1 aromatic heterocycles. The molecule has 0 saturated heterocycles. The highest BCUT2D eigenvalue weighted by Crippen LogP contribution is 2.26. The van der Waals surface area contributed by atoms with Gasteiger partial charge in [0.25, 0.3) is 0 Å². The molecule has 0 bridgehead atoms. The summed E-state index contributed by atoms with van der Waals surface area (Å²) in [6.45, 7) is 0.892. The number of allylic oxidation sites excluding steroid dienone is 1. The maximum Gasteiger partial charge on any atom is 0.0953 e. The second-order valence-corrected chi connectivity index (χ2v) is 6.23. The number of hydrogen-bond acceptors (Lipinski definition) is 3. The van der Waals surface area contributed by atoms with Crippen LogP contribution in [0.4, 0.5) is 11.4 Å². The van der Waals surface area contributed by atoms with E-state index in [0.29, 0.717) is 0 Å². The third-order valence-electron chi connectivity index (χ3n) is 4.15. The molecule has 4 heteroatoms. The Morgan fingerprint density at radius 1 is 1.08 bits per heavy atom. The van der Waals surface area contributed by atoms with Crippen LogP contribution in [0, 0.1) is 0 Å². The van der Waals surface area contributed by atoms with Crippen molar-refractivity contribution >= 4 is 17.5 Å². The number of rotatable bonds is 6. The Morgan fingerprint density at radius 2 is 1.88 bits per heavy atom. The maximum atomic E-state index is 6.24. The van der Waals surface area contributed by atoms with Crippen LogP contribution in [-0.4, -0.2) is 23.6 Å². The Bertz CT molecular complexity index is 847. The first-order valence-electron chi connectivity index (χ1n) is 8.44. The quantitative estimate of drug-likeness (QED) is 0.685. The average molecular weight is 332 g/mol. The second kappa shape index (κ2) is 7.71. The van der Waals surface area contributed by atoms with Crippen molar-refractivity contribution in [3.63, 3.8) is 0 Å². The average Bonchev–Trinajstić information content (AvgIpc) is 3.09. The molecule has 0 amide bonds. The number of nitrogens with zero attached hydrogens (tertiary/aromatic N) is 3. The molecule has 25 heavy (non-hydrogen) atoms. The Kier molecular flexibility index (Phi) is 5.19. The van der Waals surface area contributed by atoms with Gasteiger partial charge >= 0.3 is 0 Å². The van der Waals surface area contributed by atoms with Crippen LogP contribution in [0.1, 0.15) is 12.0 Å². The van der Waals surface area contributed by atoms with Crippen LogP contribution in [0.15, 0.2) is 67.1 Å². The summed E-state index contributed by atoms with van der Waals surface area (Å²) in [5.74, 6) is 0. The van der Waals surface area contributed by atoms with Gasteiger partial charge in [-0.25, -0.2) is 4.98 Å². The van der Waals surface area contributed by atoms with E-state index in [2.05, 4.69) is 40.0 Å². The standard InChI is InChI=1S/C21H24N4/c1-24(2)20-13-8-12-18(21(20)22)11-6-7-14-25-15-19(23-16-25)17-9-4-3-5-10-17/h3-6,8-13,15-16H,7,14,22H2,1-2H3. The molecule has 0 saturated carbocycles. The first-order chi connectivity index (χ1) is 12.1. The van der Waals surface area contributed by atoms with Gasteiger partial charge in [0.1, 0.15) is 0 Å². The molecule has 0 aliphatic carbocycles. The summed E-state index contributed by atoms with van der Waals surface area (Å²) in [5, 5.41) is 0. The van der Waals surface area contributed by atoms with E-state index in [9.17, 15) is 0 Å². The number of aryl methyl sites for hydroxylation is 1. The fourth-order valence-corrected chi connectivity index (χ4v) is 2.78. The minimum absolute atomic E-state index is 0.817. The lowest BCUT2D eigenvalue weighted by atomic mass is 10.1. The predicted molar refractivity (Wildman–Crippen MR) is 106 cm³/mol. The van der Waals surface area contributed by atoms with Gasteiger partial charge in [0.05, 0.1) is 23.4 Å². The van der Waals surface area contributed by atoms with Gasteiger partial charge in [0.2, 0.25) is 0 Å². The van der Waals surface area contributed by atoms with E-state index in [4.69, 9.17) is 5.73 Å². The summed E-state index contributed by atoms with van der Waals surface area (Å²) < 4.78 is 2.12. The number of hydrogen-bond donors (Lipinski definition) is 1. The summed E-state index contributed by atoms with van der Waals surface area (Å²) in [6, 6.07) is 16.3. The number of para-hydroxylation sites is 1. The molecule has 0 fully saturated rings. The minimum atomic E-state index is 0.817. The lowest BCUT2D eigenvalue weighted by Gasteiger charge is -2.16. The van der Waals surface area contributed by atoms with Crippen molar-refractivity contribution in [1.29, 1.82) is 0 Å². The van der Waals surface area contributed by atoms with E-state index in [1.54, 1.807) is 0 Å². The van der Waals surface area contributed by atoms with Crippen LogP contribution in [0.5, 0.6) is 0 Å². The molecule has 2 aromatic carbocycles. The molecule has 1 heterocycles. The van der Waals surface area contributed by atoms with Gasteiger partial charge in [-0.05, 0) is 18.1 Å². The van der Waals surface area contributed by atoms with Crippen molar-refractivity contribution < 1.29 is 0 Å². The highest BCUT2D eigenvalue weighted by atomic mass is 15.1. The molecule has 0 unspecified atom stereocenters. The van der Waals surface area contributed by atoms with Crippen LogP contribution >= 0.6 is 0 Å². The molecular weight excluding hydrogens is 308 g/mol. The van der Waals surface area contributed by atoms with Crippen molar-refractivity contribution in [2.75, 3.05) is 24.7 Å². The first-order valence-corrected chi connectivity index (χ1v) is 8.44. The predicted octanol–water partition coefficient (Wildman–Crippen LogP) is 4.30. The van der Waals surface area contributed by atoms with Gasteiger partial charge in [0.15, 0.2) is 0 Å². The maximum absolute atomic E-state index is 6.24. The zero-order valence-electron chi connectivity index (χ0n) is 14.8. The Hall–Kier alpha value is -3.01. The van der Waals surface area contributed by atoms with E-state index < -0.39 is 0 Å². The van der Waals surface area contributed by atoms with E-state index >= 15 is 0 Å². The molecule has 3 rings (SSSR count). The van der Waals surface area contributed by atoms with E-state index in [1.165, 1.54) is 0 Å². The van der Waals surface area contributed by atoms with E-state index in [-0.39, 0.29) is 0 Å². The van der Waals surface area contributed by atoms with Gasteiger partial charge < -0.3 is 15.2 Å². The van der Waals surface area contributed by atoms with Crippen molar-refractivity contribution in [2.45, 2.75) is 13.0 Å². The van der Waals surface area contributed by atoms with Crippen molar-refractivity contribution in [1.82, 2.24) is 9.55 Å². The molecule has 2 N–H and O–H groups in total. The van der Waals surface area contributed by atoms with Gasteiger partial charge in [-0.1, -0.05) is 54.6 Å². The summed E-state index contributed by atoms with van der Waals surface area (Å²) in [4.78, 5) is 6.51. The highest BCUT2D eigenvalue weighted by Gasteiger charge is 2.04. The van der Waals surface area contributed by atoms with Crippen LogP contribution in [0.3, 0.4) is 0 Å². The van der Waals surface area contributed by atoms with Gasteiger partial charge in [-0.3, -0.25) is 0 Å². The van der Waals surface area contributed by atoms with Crippen LogP contribution in [0.25, 0.3) is 17.3 Å². The summed E-state index contributed by atoms with van der Waals surface area (Å²) in [6.07, 6.45) is 9.16. The fraction of sp³-hybridized carbons (Fsp3) is 0.190. The molecule has 0 radical (unpaired) electrons. The zero-order valence-corrected chi connectivity index (χ0v) is 14.8. The molecule has 0 spiro atoms. The SMILES string of the molecule is CN(C)c1cccc(C=CCCn2cnc(-c3ccccc3)c2)c1N. The first kappa shape index (κ1) is 16.8. The monoisotopic (exact) mass is 332 g/mol. The largest absolute Gasteiger partial charge is 0.397 e. The third kappa shape index (κ3) is 4.10. The number of aromatic nitrogens is 2. The number of nitrogen functional groups attached to an aromatic ring is 1.